The Balaban J connectivity index is 2.02. The molecule has 0 aliphatic heterocycles. The average molecular weight is 234 g/mol. The van der Waals surface area contributed by atoms with Gasteiger partial charge in [-0.3, -0.25) is 0 Å². The molecule has 0 aromatic carbocycles. The Morgan fingerprint density at radius 3 is 2.88 bits per heavy atom. The van der Waals surface area contributed by atoms with Gasteiger partial charge in [-0.05, 0) is 30.9 Å². The Kier molecular flexibility index (Phi) is 3.61. The number of carbonyl (C=O) groups is 1. The number of hydrogen-bond acceptors (Lipinski definition) is 3. The van der Waals surface area contributed by atoms with Crippen molar-refractivity contribution in [2.24, 2.45) is 5.92 Å². The van der Waals surface area contributed by atoms with Crippen molar-refractivity contribution < 1.29 is 9.90 Å². The molecule has 0 spiro atoms. The predicted octanol–water partition coefficient (Wildman–Crippen LogP) is 2.55. The number of aromatic nitrogens is 1. The van der Waals surface area contributed by atoms with Crippen molar-refractivity contribution in [3.05, 3.63) is 23.4 Å². The Hall–Kier alpha value is -1.58. The van der Waals surface area contributed by atoms with Crippen LogP contribution in [-0.4, -0.2) is 22.6 Å². The SMILES string of the molecule is CCc1cc(C(=O)O)cc(NCCC2CC2)n1. The fourth-order valence-corrected chi connectivity index (χ4v) is 1.79. The molecule has 1 fully saturated rings. The predicted molar refractivity (Wildman–Crippen MR) is 66.4 cm³/mol. The normalized spacial score (nSPS) is 14.6. The first-order valence-electron chi connectivity index (χ1n) is 6.17. The van der Waals surface area contributed by atoms with Crippen LogP contribution in [0.4, 0.5) is 5.82 Å². The number of carboxylic acids is 1. The highest BCUT2D eigenvalue weighted by Gasteiger charge is 2.20. The quantitative estimate of drug-likeness (QED) is 0.794. The minimum Gasteiger partial charge on any atom is -0.478 e. The summed E-state index contributed by atoms with van der Waals surface area (Å²) in [6, 6.07) is 3.24. The maximum absolute atomic E-state index is 11.0. The van der Waals surface area contributed by atoms with Gasteiger partial charge in [0.2, 0.25) is 0 Å². The number of pyridine rings is 1. The van der Waals surface area contributed by atoms with Gasteiger partial charge in [0.15, 0.2) is 0 Å². The highest BCUT2D eigenvalue weighted by Crippen LogP contribution is 2.32. The Morgan fingerprint density at radius 1 is 1.53 bits per heavy atom. The van der Waals surface area contributed by atoms with E-state index in [1.54, 1.807) is 12.1 Å². The van der Waals surface area contributed by atoms with Gasteiger partial charge < -0.3 is 10.4 Å². The van der Waals surface area contributed by atoms with Crippen LogP contribution in [0.2, 0.25) is 0 Å². The maximum Gasteiger partial charge on any atom is 0.335 e. The van der Waals surface area contributed by atoms with Crippen LogP contribution in [0.1, 0.15) is 42.2 Å². The van der Waals surface area contributed by atoms with E-state index in [2.05, 4.69) is 10.3 Å². The largest absolute Gasteiger partial charge is 0.478 e. The van der Waals surface area contributed by atoms with E-state index < -0.39 is 5.97 Å². The Morgan fingerprint density at radius 2 is 2.29 bits per heavy atom. The first-order valence-corrected chi connectivity index (χ1v) is 6.17. The highest BCUT2D eigenvalue weighted by molar-refractivity contribution is 5.88. The highest BCUT2D eigenvalue weighted by atomic mass is 16.4. The molecule has 2 N–H and O–H groups in total. The van der Waals surface area contributed by atoms with Gasteiger partial charge >= 0.3 is 5.97 Å². The number of rotatable bonds is 6. The number of carboxylic acid groups (broad SMARTS) is 1. The molecule has 1 aliphatic rings. The second-order valence-electron chi connectivity index (χ2n) is 4.55. The molecule has 1 heterocycles. The molecule has 0 amide bonds. The van der Waals surface area contributed by atoms with Gasteiger partial charge in [-0.15, -0.1) is 0 Å². The van der Waals surface area contributed by atoms with E-state index in [0.29, 0.717) is 11.4 Å². The molecule has 0 unspecified atom stereocenters. The van der Waals surface area contributed by atoms with Crippen LogP contribution in [0.25, 0.3) is 0 Å². The zero-order valence-corrected chi connectivity index (χ0v) is 10.1. The molecular weight excluding hydrogens is 216 g/mol. The van der Waals surface area contributed by atoms with E-state index >= 15 is 0 Å². The minimum atomic E-state index is -0.896. The van der Waals surface area contributed by atoms with Crippen molar-refractivity contribution in [1.82, 2.24) is 4.98 Å². The average Bonchev–Trinajstić information content (AvgIpc) is 3.12. The van der Waals surface area contributed by atoms with E-state index in [1.165, 1.54) is 12.8 Å². The van der Waals surface area contributed by atoms with Crippen LogP contribution in [0.15, 0.2) is 12.1 Å². The molecule has 0 radical (unpaired) electrons. The summed E-state index contributed by atoms with van der Waals surface area (Å²) >= 11 is 0. The third kappa shape index (κ3) is 3.44. The number of aryl methyl sites for hydroxylation is 1. The lowest BCUT2D eigenvalue weighted by atomic mass is 10.2. The summed E-state index contributed by atoms with van der Waals surface area (Å²) in [5.41, 5.74) is 1.13. The lowest BCUT2D eigenvalue weighted by Crippen LogP contribution is -2.08. The molecule has 17 heavy (non-hydrogen) atoms. The zero-order valence-electron chi connectivity index (χ0n) is 10.1. The number of anilines is 1. The van der Waals surface area contributed by atoms with Gasteiger partial charge in [0.25, 0.3) is 0 Å². The molecule has 1 aromatic heterocycles. The first-order chi connectivity index (χ1) is 8.19. The molecular formula is C13H18N2O2. The van der Waals surface area contributed by atoms with Gasteiger partial charge in [0.05, 0.1) is 5.56 Å². The van der Waals surface area contributed by atoms with Crippen LogP contribution in [0.3, 0.4) is 0 Å². The summed E-state index contributed by atoms with van der Waals surface area (Å²) in [6.07, 6.45) is 4.58. The van der Waals surface area contributed by atoms with Gasteiger partial charge in [-0.2, -0.15) is 0 Å². The van der Waals surface area contributed by atoms with Crippen molar-refractivity contribution >= 4 is 11.8 Å². The molecule has 1 aliphatic carbocycles. The molecule has 1 saturated carbocycles. The molecule has 1 aromatic rings. The number of hydrogen-bond donors (Lipinski definition) is 2. The monoisotopic (exact) mass is 234 g/mol. The first kappa shape index (κ1) is 11.9. The van der Waals surface area contributed by atoms with Crippen LogP contribution in [-0.2, 0) is 6.42 Å². The van der Waals surface area contributed by atoms with E-state index in [4.69, 9.17) is 5.11 Å². The molecule has 2 rings (SSSR count). The van der Waals surface area contributed by atoms with Crippen LogP contribution in [0, 0.1) is 5.92 Å². The van der Waals surface area contributed by atoms with Gasteiger partial charge in [-0.1, -0.05) is 19.8 Å². The fourth-order valence-electron chi connectivity index (χ4n) is 1.79. The number of nitrogens with one attached hydrogen (secondary N) is 1. The molecule has 92 valence electrons. The fraction of sp³-hybridized carbons (Fsp3) is 0.538. The molecule has 0 saturated heterocycles. The molecule has 0 bridgehead atoms. The second-order valence-corrected chi connectivity index (χ2v) is 4.55. The summed E-state index contributed by atoms with van der Waals surface area (Å²) in [5, 5.41) is 12.2. The third-order valence-corrected chi connectivity index (χ3v) is 3.04. The van der Waals surface area contributed by atoms with Crippen molar-refractivity contribution in [3.8, 4) is 0 Å². The minimum absolute atomic E-state index is 0.311. The maximum atomic E-state index is 11.0. The van der Waals surface area contributed by atoms with Gasteiger partial charge in [0.1, 0.15) is 5.82 Å². The van der Waals surface area contributed by atoms with E-state index in [-0.39, 0.29) is 0 Å². The molecule has 4 heteroatoms. The Bertz CT molecular complexity index is 414. The lowest BCUT2D eigenvalue weighted by Gasteiger charge is -2.08. The van der Waals surface area contributed by atoms with Crippen molar-refractivity contribution in [2.75, 3.05) is 11.9 Å². The van der Waals surface area contributed by atoms with Crippen LogP contribution >= 0.6 is 0 Å². The standard InChI is InChI=1S/C13H18N2O2/c1-2-11-7-10(13(16)17)8-12(15-11)14-6-5-9-3-4-9/h7-9H,2-6H2,1H3,(H,14,15)(H,16,17). The van der Waals surface area contributed by atoms with Crippen LogP contribution in [0.5, 0.6) is 0 Å². The smallest absolute Gasteiger partial charge is 0.335 e. The molecule has 0 atom stereocenters. The zero-order chi connectivity index (χ0) is 12.3. The lowest BCUT2D eigenvalue weighted by molar-refractivity contribution is 0.0696. The summed E-state index contributed by atoms with van der Waals surface area (Å²) < 4.78 is 0. The van der Waals surface area contributed by atoms with Crippen molar-refractivity contribution in [3.63, 3.8) is 0 Å². The van der Waals surface area contributed by atoms with Gasteiger partial charge in [0, 0.05) is 12.2 Å². The van der Waals surface area contributed by atoms with Gasteiger partial charge in [-0.25, -0.2) is 9.78 Å². The third-order valence-electron chi connectivity index (χ3n) is 3.04. The number of aromatic carboxylic acids is 1. The summed E-state index contributed by atoms with van der Waals surface area (Å²) in [7, 11) is 0. The van der Waals surface area contributed by atoms with Crippen LogP contribution < -0.4 is 5.32 Å². The molecule has 4 nitrogen and oxygen atoms in total. The van der Waals surface area contributed by atoms with E-state index in [0.717, 1.165) is 31.0 Å². The summed E-state index contributed by atoms with van der Waals surface area (Å²) in [6.45, 7) is 2.85. The van der Waals surface area contributed by atoms with E-state index in [1.807, 2.05) is 6.92 Å². The van der Waals surface area contributed by atoms with Crippen molar-refractivity contribution in [1.29, 1.82) is 0 Å². The Labute approximate surface area is 101 Å². The summed E-state index contributed by atoms with van der Waals surface area (Å²) in [4.78, 5) is 15.3. The van der Waals surface area contributed by atoms with Crippen molar-refractivity contribution in [2.45, 2.75) is 32.6 Å². The topological polar surface area (TPSA) is 62.2 Å². The second kappa shape index (κ2) is 5.17. The number of nitrogens with zero attached hydrogens (tertiary/aromatic N) is 1. The van der Waals surface area contributed by atoms with E-state index in [9.17, 15) is 4.79 Å². The summed E-state index contributed by atoms with van der Waals surface area (Å²) in [5.74, 6) is 0.658.